The van der Waals surface area contributed by atoms with Crippen LogP contribution in [0.3, 0.4) is 0 Å². The first-order chi connectivity index (χ1) is 9.78. The summed E-state index contributed by atoms with van der Waals surface area (Å²) in [6.45, 7) is -1.13. The Kier molecular flexibility index (Phi) is 4.75. The maximum Gasteiger partial charge on any atom is 0.406 e. The molecule has 0 aromatic heterocycles. The van der Waals surface area contributed by atoms with E-state index in [2.05, 4.69) is 5.32 Å². The molecule has 2 fully saturated rings. The van der Waals surface area contributed by atoms with Crippen molar-refractivity contribution < 1.29 is 22.8 Å². The summed E-state index contributed by atoms with van der Waals surface area (Å²) in [5.74, 6) is -1.30. The van der Waals surface area contributed by atoms with Crippen molar-refractivity contribution in [1.29, 1.82) is 0 Å². The van der Waals surface area contributed by atoms with Crippen molar-refractivity contribution in [2.75, 3.05) is 13.1 Å². The minimum atomic E-state index is -4.38. The Morgan fingerprint density at radius 3 is 2.57 bits per heavy atom. The first-order valence-corrected chi connectivity index (χ1v) is 7.19. The lowest BCUT2D eigenvalue weighted by molar-refractivity contribution is -0.158. The van der Waals surface area contributed by atoms with Crippen LogP contribution in [-0.2, 0) is 9.59 Å². The van der Waals surface area contributed by atoms with Gasteiger partial charge in [-0.1, -0.05) is 12.8 Å². The number of carbonyl (C=O) groups excluding carboxylic acids is 2. The first kappa shape index (κ1) is 16.1. The molecule has 0 unspecified atom stereocenters. The van der Waals surface area contributed by atoms with Crippen LogP contribution in [0.5, 0.6) is 0 Å². The highest BCUT2D eigenvalue weighted by Crippen LogP contribution is 2.26. The molecular formula is C13H20F3N3O2. The second-order valence-electron chi connectivity index (χ2n) is 5.78. The smallest absolute Gasteiger partial charge is 0.369 e. The van der Waals surface area contributed by atoms with Crippen molar-refractivity contribution in [2.24, 2.45) is 11.7 Å². The summed E-state index contributed by atoms with van der Waals surface area (Å²) in [6, 6.07) is -0.853. The zero-order chi connectivity index (χ0) is 15.6. The highest BCUT2D eigenvalue weighted by atomic mass is 19.4. The van der Waals surface area contributed by atoms with Crippen molar-refractivity contribution >= 4 is 11.8 Å². The van der Waals surface area contributed by atoms with Gasteiger partial charge in [-0.25, -0.2) is 0 Å². The summed E-state index contributed by atoms with van der Waals surface area (Å²) >= 11 is 0. The molecule has 1 aliphatic heterocycles. The lowest BCUT2D eigenvalue weighted by Crippen LogP contribution is -2.51. The topological polar surface area (TPSA) is 75.4 Å². The summed E-state index contributed by atoms with van der Waals surface area (Å²) in [5.41, 5.74) is 5.35. The SMILES string of the molecule is NC(=O)[C@@H]1CCCC[C@H]1N[C@H]1CCN(CC(F)(F)F)C1=O. The third-order valence-electron chi connectivity index (χ3n) is 4.21. The van der Waals surface area contributed by atoms with Crippen LogP contribution in [0, 0.1) is 5.92 Å². The summed E-state index contributed by atoms with van der Waals surface area (Å²) in [5, 5.41) is 3.06. The summed E-state index contributed by atoms with van der Waals surface area (Å²) < 4.78 is 37.1. The average molecular weight is 307 g/mol. The van der Waals surface area contributed by atoms with Gasteiger partial charge < -0.3 is 16.0 Å². The number of hydrogen-bond donors (Lipinski definition) is 2. The molecular weight excluding hydrogens is 287 g/mol. The van der Waals surface area contributed by atoms with Crippen LogP contribution < -0.4 is 11.1 Å². The van der Waals surface area contributed by atoms with E-state index in [0.29, 0.717) is 12.8 Å². The fourth-order valence-electron chi connectivity index (χ4n) is 3.20. The third kappa shape index (κ3) is 4.09. The molecule has 0 aromatic rings. The number of carbonyl (C=O) groups is 2. The molecule has 0 bridgehead atoms. The molecule has 3 N–H and O–H groups in total. The predicted molar refractivity (Wildman–Crippen MR) is 69.1 cm³/mol. The van der Waals surface area contributed by atoms with E-state index < -0.39 is 30.6 Å². The van der Waals surface area contributed by atoms with Crippen LogP contribution in [-0.4, -0.2) is 48.1 Å². The highest BCUT2D eigenvalue weighted by molar-refractivity contribution is 5.84. The average Bonchev–Trinajstić information content (AvgIpc) is 2.70. The molecule has 2 rings (SSSR count). The van der Waals surface area contributed by atoms with Gasteiger partial charge in [0.1, 0.15) is 6.54 Å². The minimum absolute atomic E-state index is 0.0873. The van der Waals surface area contributed by atoms with E-state index in [1.165, 1.54) is 0 Å². The maximum absolute atomic E-state index is 12.4. The van der Waals surface area contributed by atoms with Gasteiger partial charge in [-0.2, -0.15) is 13.2 Å². The number of nitrogens with zero attached hydrogens (tertiary/aromatic N) is 1. The molecule has 21 heavy (non-hydrogen) atoms. The van der Waals surface area contributed by atoms with Crippen molar-refractivity contribution in [3.05, 3.63) is 0 Å². The molecule has 5 nitrogen and oxygen atoms in total. The number of nitrogens with two attached hydrogens (primary N) is 1. The van der Waals surface area contributed by atoms with Crippen molar-refractivity contribution in [3.8, 4) is 0 Å². The van der Waals surface area contributed by atoms with Gasteiger partial charge >= 0.3 is 6.18 Å². The third-order valence-corrected chi connectivity index (χ3v) is 4.21. The second kappa shape index (κ2) is 6.21. The normalized spacial score (nSPS) is 30.7. The van der Waals surface area contributed by atoms with E-state index in [9.17, 15) is 22.8 Å². The van der Waals surface area contributed by atoms with Crippen molar-refractivity contribution in [3.63, 3.8) is 0 Å². The highest BCUT2D eigenvalue weighted by Gasteiger charge is 2.41. The standard InChI is InChI=1S/C13H20F3N3O2/c14-13(15,16)7-19-6-5-10(12(19)21)18-9-4-2-1-3-8(9)11(17)20/h8-10,18H,1-7H2,(H2,17,20)/t8-,9-,10+/m1/s1. The second-order valence-corrected chi connectivity index (χ2v) is 5.78. The lowest BCUT2D eigenvalue weighted by atomic mass is 9.83. The molecule has 2 amide bonds. The molecule has 1 aliphatic carbocycles. The number of amides is 2. The largest absolute Gasteiger partial charge is 0.406 e. The van der Waals surface area contributed by atoms with E-state index in [0.717, 1.165) is 24.2 Å². The number of primary amides is 1. The quantitative estimate of drug-likeness (QED) is 0.806. The van der Waals surface area contributed by atoms with E-state index in [4.69, 9.17) is 5.73 Å². The lowest BCUT2D eigenvalue weighted by Gasteiger charge is -2.32. The first-order valence-electron chi connectivity index (χ1n) is 7.19. The van der Waals surface area contributed by atoms with Gasteiger partial charge in [-0.15, -0.1) is 0 Å². The number of halogens is 3. The number of rotatable bonds is 4. The van der Waals surface area contributed by atoms with Crippen LogP contribution in [0.4, 0.5) is 13.2 Å². The Hall–Kier alpha value is -1.31. The molecule has 1 saturated carbocycles. The van der Waals surface area contributed by atoms with Gasteiger partial charge in [-0.05, 0) is 19.3 Å². The molecule has 0 spiro atoms. The number of nitrogens with one attached hydrogen (secondary N) is 1. The Bertz CT molecular complexity index is 414. The van der Waals surface area contributed by atoms with Crippen LogP contribution in [0.2, 0.25) is 0 Å². The van der Waals surface area contributed by atoms with E-state index in [1.54, 1.807) is 0 Å². The van der Waals surface area contributed by atoms with Crippen LogP contribution in [0.1, 0.15) is 32.1 Å². The molecule has 120 valence electrons. The Labute approximate surface area is 121 Å². The molecule has 0 aromatic carbocycles. The van der Waals surface area contributed by atoms with Crippen LogP contribution in [0.15, 0.2) is 0 Å². The van der Waals surface area contributed by atoms with Gasteiger partial charge in [0.05, 0.1) is 12.0 Å². The van der Waals surface area contributed by atoms with E-state index in [1.807, 2.05) is 0 Å². The number of alkyl halides is 3. The van der Waals surface area contributed by atoms with Gasteiger partial charge in [0, 0.05) is 12.6 Å². The van der Waals surface area contributed by atoms with E-state index >= 15 is 0 Å². The van der Waals surface area contributed by atoms with Gasteiger partial charge in [0.2, 0.25) is 11.8 Å². The minimum Gasteiger partial charge on any atom is -0.369 e. The summed E-state index contributed by atoms with van der Waals surface area (Å²) in [6.07, 6.45) is -0.835. The maximum atomic E-state index is 12.4. The molecule has 1 heterocycles. The molecule has 3 atom stereocenters. The zero-order valence-electron chi connectivity index (χ0n) is 11.7. The fourth-order valence-corrected chi connectivity index (χ4v) is 3.20. The van der Waals surface area contributed by atoms with Crippen LogP contribution >= 0.6 is 0 Å². The van der Waals surface area contributed by atoms with E-state index in [-0.39, 0.29) is 18.5 Å². The Morgan fingerprint density at radius 2 is 1.95 bits per heavy atom. The van der Waals surface area contributed by atoms with Gasteiger partial charge in [-0.3, -0.25) is 9.59 Å². The summed E-state index contributed by atoms with van der Waals surface area (Å²) in [4.78, 5) is 24.2. The number of likely N-dealkylation sites (tertiary alicyclic amines) is 1. The zero-order valence-corrected chi connectivity index (χ0v) is 11.7. The predicted octanol–water partition coefficient (Wildman–Crippen LogP) is 0.783. The number of hydrogen-bond acceptors (Lipinski definition) is 3. The van der Waals surface area contributed by atoms with Crippen molar-refractivity contribution in [1.82, 2.24) is 10.2 Å². The Morgan fingerprint density at radius 1 is 1.29 bits per heavy atom. The summed E-state index contributed by atoms with van der Waals surface area (Å²) in [7, 11) is 0. The van der Waals surface area contributed by atoms with Crippen LogP contribution in [0.25, 0.3) is 0 Å². The molecule has 8 heteroatoms. The fraction of sp³-hybridized carbons (Fsp3) is 0.846. The van der Waals surface area contributed by atoms with Crippen molar-refractivity contribution in [2.45, 2.75) is 50.4 Å². The molecule has 2 aliphatic rings. The van der Waals surface area contributed by atoms with Gasteiger partial charge in [0.15, 0.2) is 0 Å². The molecule has 0 radical (unpaired) electrons. The monoisotopic (exact) mass is 307 g/mol. The Balaban J connectivity index is 1.94. The van der Waals surface area contributed by atoms with Gasteiger partial charge in [0.25, 0.3) is 0 Å². The molecule has 1 saturated heterocycles.